The molecule has 2 heterocycles. The molecular weight excluding hydrogens is 306 g/mol. The Kier molecular flexibility index (Phi) is 5.28. The first-order valence-corrected chi connectivity index (χ1v) is 9.12. The summed E-state index contributed by atoms with van der Waals surface area (Å²) < 4.78 is 0. The van der Waals surface area contributed by atoms with Crippen LogP contribution in [0.5, 0.6) is 0 Å². The first kappa shape index (κ1) is 17.1. The minimum Gasteiger partial charge on any atom is -0.363 e. The van der Waals surface area contributed by atoms with Gasteiger partial charge in [0.05, 0.1) is 24.4 Å². The lowest BCUT2D eigenvalue weighted by atomic mass is 9.85. The fourth-order valence-electron chi connectivity index (χ4n) is 4.12. The molecule has 1 saturated heterocycles. The molecule has 4 amide bonds. The van der Waals surface area contributed by atoms with Crippen LogP contribution in [0.1, 0.15) is 51.4 Å². The molecule has 7 nitrogen and oxygen atoms in total. The Balaban J connectivity index is 1.53. The molecule has 1 saturated carbocycles. The van der Waals surface area contributed by atoms with Crippen molar-refractivity contribution in [3.05, 3.63) is 11.9 Å². The van der Waals surface area contributed by atoms with E-state index in [4.69, 9.17) is 5.73 Å². The number of carbonyl (C=O) groups is 2. The number of urea groups is 2. The summed E-state index contributed by atoms with van der Waals surface area (Å²) in [6.45, 7) is 0.292. The van der Waals surface area contributed by atoms with E-state index in [1.807, 2.05) is 13.2 Å². The number of primary amides is 1. The SMILES string of the molecule is CN1C=C2NC(=O)N(C(N)=O)CC2NC1CCCC1CCCCC1. The molecule has 0 spiro atoms. The molecule has 0 aromatic rings. The van der Waals surface area contributed by atoms with Crippen molar-refractivity contribution in [2.75, 3.05) is 13.6 Å². The summed E-state index contributed by atoms with van der Waals surface area (Å²) in [7, 11) is 2.02. The summed E-state index contributed by atoms with van der Waals surface area (Å²) in [5, 5.41) is 6.29. The van der Waals surface area contributed by atoms with Crippen LogP contribution in [-0.2, 0) is 0 Å². The molecule has 0 aromatic heterocycles. The van der Waals surface area contributed by atoms with Crippen molar-refractivity contribution in [1.29, 1.82) is 0 Å². The molecule has 134 valence electrons. The Morgan fingerprint density at radius 2 is 2.04 bits per heavy atom. The standard InChI is InChI=1S/C17H29N5O2/c1-21-10-13-14(11-22(16(18)23)17(24)20-13)19-15(21)9-5-8-12-6-3-2-4-7-12/h10,12,14-15,19H,2-9,11H2,1H3,(H2,18,23)(H,20,24). The molecule has 3 rings (SSSR count). The second-order valence-corrected chi connectivity index (χ2v) is 7.30. The van der Waals surface area contributed by atoms with Crippen molar-refractivity contribution in [3.8, 4) is 0 Å². The second kappa shape index (κ2) is 7.42. The smallest absolute Gasteiger partial charge is 0.329 e. The van der Waals surface area contributed by atoms with E-state index in [-0.39, 0.29) is 12.2 Å². The summed E-state index contributed by atoms with van der Waals surface area (Å²) in [5.74, 6) is 0.901. The number of imide groups is 1. The number of hydrogen-bond acceptors (Lipinski definition) is 4. The van der Waals surface area contributed by atoms with Crippen LogP contribution in [0.2, 0.25) is 0 Å². The average molecular weight is 335 g/mol. The number of rotatable bonds is 4. The highest BCUT2D eigenvalue weighted by Crippen LogP contribution is 2.28. The van der Waals surface area contributed by atoms with Gasteiger partial charge in [0.2, 0.25) is 0 Å². The lowest BCUT2D eigenvalue weighted by Crippen LogP contribution is -2.64. The second-order valence-electron chi connectivity index (χ2n) is 7.30. The van der Waals surface area contributed by atoms with Gasteiger partial charge in [0, 0.05) is 13.2 Å². The minimum atomic E-state index is -0.707. The average Bonchev–Trinajstić information content (AvgIpc) is 2.56. The van der Waals surface area contributed by atoms with Gasteiger partial charge in [-0.15, -0.1) is 0 Å². The molecule has 2 unspecified atom stereocenters. The third-order valence-electron chi connectivity index (χ3n) is 5.55. The van der Waals surface area contributed by atoms with E-state index in [0.717, 1.165) is 22.9 Å². The Hall–Kier alpha value is -1.76. The van der Waals surface area contributed by atoms with Gasteiger partial charge in [-0.25, -0.2) is 14.5 Å². The van der Waals surface area contributed by atoms with E-state index in [1.165, 1.54) is 44.9 Å². The molecule has 0 bridgehead atoms. The summed E-state index contributed by atoms with van der Waals surface area (Å²) in [6, 6.07) is -1.22. The van der Waals surface area contributed by atoms with E-state index >= 15 is 0 Å². The molecule has 2 atom stereocenters. The number of fused-ring (bicyclic) bond motifs is 1. The number of hydrogen-bond donors (Lipinski definition) is 3. The first-order chi connectivity index (χ1) is 11.5. The van der Waals surface area contributed by atoms with E-state index in [0.29, 0.717) is 6.54 Å². The van der Waals surface area contributed by atoms with Crippen LogP contribution in [-0.4, -0.2) is 47.7 Å². The van der Waals surface area contributed by atoms with E-state index < -0.39 is 12.1 Å². The van der Waals surface area contributed by atoms with Gasteiger partial charge in [0.1, 0.15) is 0 Å². The lowest BCUT2D eigenvalue weighted by molar-refractivity contribution is 0.156. The van der Waals surface area contributed by atoms with Crippen LogP contribution in [0.4, 0.5) is 9.59 Å². The summed E-state index contributed by atoms with van der Waals surface area (Å²) in [5.41, 5.74) is 6.08. The lowest BCUT2D eigenvalue weighted by Gasteiger charge is -2.42. The van der Waals surface area contributed by atoms with Crippen molar-refractivity contribution >= 4 is 12.1 Å². The zero-order valence-electron chi connectivity index (χ0n) is 14.5. The fraction of sp³-hybridized carbons (Fsp3) is 0.765. The molecule has 3 aliphatic rings. The number of nitrogens with one attached hydrogen (secondary N) is 2. The summed E-state index contributed by atoms with van der Waals surface area (Å²) in [6.07, 6.45) is 12.7. The van der Waals surface area contributed by atoms with Gasteiger partial charge < -0.3 is 16.0 Å². The number of carbonyl (C=O) groups excluding carboxylic acids is 2. The topological polar surface area (TPSA) is 90.7 Å². The number of nitrogens with two attached hydrogens (primary N) is 1. The predicted molar refractivity (Wildman–Crippen MR) is 91.8 cm³/mol. The molecular formula is C17H29N5O2. The molecule has 0 aromatic carbocycles. The van der Waals surface area contributed by atoms with Gasteiger partial charge in [-0.3, -0.25) is 5.32 Å². The number of nitrogens with zero attached hydrogens (tertiary/aromatic N) is 2. The number of amides is 4. The molecule has 1 aliphatic carbocycles. The summed E-state index contributed by atoms with van der Waals surface area (Å²) >= 11 is 0. The van der Waals surface area contributed by atoms with Crippen LogP contribution in [0.3, 0.4) is 0 Å². The quantitative estimate of drug-likeness (QED) is 0.732. The van der Waals surface area contributed by atoms with Crippen LogP contribution >= 0.6 is 0 Å². The normalized spacial score (nSPS) is 28.2. The molecule has 2 fully saturated rings. The third-order valence-corrected chi connectivity index (χ3v) is 5.55. The predicted octanol–water partition coefficient (Wildman–Crippen LogP) is 1.91. The van der Waals surface area contributed by atoms with Crippen molar-refractivity contribution in [2.24, 2.45) is 11.7 Å². The molecule has 4 N–H and O–H groups in total. The van der Waals surface area contributed by atoms with Crippen LogP contribution in [0, 0.1) is 5.92 Å². The van der Waals surface area contributed by atoms with Crippen molar-refractivity contribution in [2.45, 2.75) is 63.6 Å². The largest absolute Gasteiger partial charge is 0.363 e. The van der Waals surface area contributed by atoms with Gasteiger partial charge in [-0.05, 0) is 18.8 Å². The fourth-order valence-corrected chi connectivity index (χ4v) is 4.12. The summed E-state index contributed by atoms with van der Waals surface area (Å²) in [4.78, 5) is 26.4. The first-order valence-electron chi connectivity index (χ1n) is 9.12. The van der Waals surface area contributed by atoms with Gasteiger partial charge in [0.25, 0.3) is 0 Å². The zero-order chi connectivity index (χ0) is 17.1. The van der Waals surface area contributed by atoms with Crippen LogP contribution in [0.15, 0.2) is 11.9 Å². The Labute approximate surface area is 143 Å². The Bertz CT molecular complexity index is 515. The Morgan fingerprint density at radius 1 is 1.29 bits per heavy atom. The maximum Gasteiger partial charge on any atom is 0.329 e. The van der Waals surface area contributed by atoms with E-state index in [2.05, 4.69) is 15.5 Å². The van der Waals surface area contributed by atoms with E-state index in [9.17, 15) is 9.59 Å². The molecule has 2 aliphatic heterocycles. The minimum absolute atomic E-state index is 0.0638. The monoisotopic (exact) mass is 335 g/mol. The highest BCUT2D eigenvalue weighted by atomic mass is 16.2. The van der Waals surface area contributed by atoms with Crippen molar-refractivity contribution in [1.82, 2.24) is 20.4 Å². The van der Waals surface area contributed by atoms with Gasteiger partial charge in [-0.1, -0.05) is 38.5 Å². The molecule has 0 radical (unpaired) electrons. The van der Waals surface area contributed by atoms with Gasteiger partial charge >= 0.3 is 12.1 Å². The van der Waals surface area contributed by atoms with Crippen LogP contribution < -0.4 is 16.4 Å². The maximum atomic E-state index is 11.9. The zero-order valence-corrected chi connectivity index (χ0v) is 14.5. The highest BCUT2D eigenvalue weighted by Gasteiger charge is 2.36. The molecule has 7 heteroatoms. The van der Waals surface area contributed by atoms with Crippen molar-refractivity contribution in [3.63, 3.8) is 0 Å². The molecule has 24 heavy (non-hydrogen) atoms. The van der Waals surface area contributed by atoms with Crippen molar-refractivity contribution < 1.29 is 9.59 Å². The highest BCUT2D eigenvalue weighted by molar-refractivity contribution is 5.94. The van der Waals surface area contributed by atoms with Crippen LogP contribution in [0.25, 0.3) is 0 Å². The third kappa shape index (κ3) is 3.83. The Morgan fingerprint density at radius 3 is 2.75 bits per heavy atom. The van der Waals surface area contributed by atoms with E-state index in [1.54, 1.807) is 0 Å². The van der Waals surface area contributed by atoms with Gasteiger partial charge in [-0.2, -0.15) is 0 Å². The van der Waals surface area contributed by atoms with Gasteiger partial charge in [0.15, 0.2) is 0 Å². The maximum absolute atomic E-state index is 11.9.